The van der Waals surface area contributed by atoms with E-state index in [0.29, 0.717) is 13.0 Å². The molecular formula is C21H23N3O2. The van der Waals surface area contributed by atoms with E-state index in [2.05, 4.69) is 35.5 Å². The summed E-state index contributed by atoms with van der Waals surface area (Å²) in [6.45, 7) is 2.52. The molecule has 5 nitrogen and oxygen atoms in total. The van der Waals surface area contributed by atoms with E-state index in [0.717, 1.165) is 41.9 Å². The Labute approximate surface area is 153 Å². The predicted octanol–water partition coefficient (Wildman–Crippen LogP) is 3.42. The largest absolute Gasteiger partial charge is 0.323 e. The first-order chi connectivity index (χ1) is 12.5. The minimum Gasteiger partial charge on any atom is -0.323 e. The summed E-state index contributed by atoms with van der Waals surface area (Å²) in [6, 6.07) is 11.9. The van der Waals surface area contributed by atoms with Crippen LogP contribution in [0, 0.1) is 0 Å². The van der Waals surface area contributed by atoms with Gasteiger partial charge in [0, 0.05) is 44.4 Å². The molecule has 134 valence electrons. The second-order valence-electron chi connectivity index (χ2n) is 7.36. The molecule has 0 radical (unpaired) electrons. The summed E-state index contributed by atoms with van der Waals surface area (Å²) >= 11 is 0. The van der Waals surface area contributed by atoms with Gasteiger partial charge < -0.3 is 10.2 Å². The number of rotatable bonds is 3. The first-order valence-corrected chi connectivity index (χ1v) is 8.97. The Morgan fingerprint density at radius 2 is 1.88 bits per heavy atom. The van der Waals surface area contributed by atoms with Crippen molar-refractivity contribution in [3.8, 4) is 0 Å². The van der Waals surface area contributed by atoms with Crippen LogP contribution in [0.4, 0.5) is 10.5 Å². The molecule has 26 heavy (non-hydrogen) atoms. The van der Waals surface area contributed by atoms with Crippen LogP contribution < -0.4 is 5.32 Å². The van der Waals surface area contributed by atoms with Crippen molar-refractivity contribution in [1.29, 1.82) is 0 Å². The lowest BCUT2D eigenvalue weighted by atomic mass is 10.1. The van der Waals surface area contributed by atoms with E-state index in [-0.39, 0.29) is 11.8 Å². The molecule has 1 N–H and O–H groups in total. The molecule has 0 fully saturated rings. The number of aryl methyl sites for hydroxylation is 1. The van der Waals surface area contributed by atoms with Crippen LogP contribution in [0.1, 0.15) is 39.0 Å². The highest BCUT2D eigenvalue weighted by atomic mass is 16.2. The van der Waals surface area contributed by atoms with Crippen LogP contribution in [0.5, 0.6) is 0 Å². The predicted molar refractivity (Wildman–Crippen MR) is 101 cm³/mol. The van der Waals surface area contributed by atoms with Gasteiger partial charge in [0.05, 0.1) is 0 Å². The SMILES string of the molecule is CN1Cc2ccc(CN(C)C(=O)Nc3ccc4c(c3)CCC4=O)cc2C1. The van der Waals surface area contributed by atoms with Crippen LogP contribution in [-0.2, 0) is 26.1 Å². The van der Waals surface area contributed by atoms with Crippen molar-refractivity contribution in [1.82, 2.24) is 9.80 Å². The zero-order valence-corrected chi connectivity index (χ0v) is 15.2. The van der Waals surface area contributed by atoms with Crippen LogP contribution in [0.15, 0.2) is 36.4 Å². The van der Waals surface area contributed by atoms with E-state index in [1.54, 1.807) is 18.0 Å². The molecule has 1 heterocycles. The van der Waals surface area contributed by atoms with E-state index in [1.165, 1.54) is 11.1 Å². The number of carbonyl (C=O) groups excluding carboxylic acids is 2. The topological polar surface area (TPSA) is 52.6 Å². The zero-order chi connectivity index (χ0) is 18.3. The average molecular weight is 349 g/mol. The number of urea groups is 1. The molecule has 0 saturated carbocycles. The molecule has 0 atom stereocenters. The Balaban J connectivity index is 1.41. The molecule has 5 heteroatoms. The lowest BCUT2D eigenvalue weighted by Gasteiger charge is -2.19. The number of carbonyl (C=O) groups is 2. The third-order valence-electron chi connectivity index (χ3n) is 5.20. The van der Waals surface area contributed by atoms with Crippen molar-refractivity contribution < 1.29 is 9.59 Å². The Hall–Kier alpha value is -2.66. The van der Waals surface area contributed by atoms with Crippen LogP contribution in [0.25, 0.3) is 0 Å². The summed E-state index contributed by atoms with van der Waals surface area (Å²) in [5.74, 6) is 0.192. The molecule has 0 spiro atoms. The quantitative estimate of drug-likeness (QED) is 0.924. The third kappa shape index (κ3) is 3.22. The van der Waals surface area contributed by atoms with Gasteiger partial charge >= 0.3 is 6.03 Å². The van der Waals surface area contributed by atoms with Crippen LogP contribution in [-0.4, -0.2) is 35.7 Å². The fraction of sp³-hybridized carbons (Fsp3) is 0.333. The molecule has 0 bridgehead atoms. The van der Waals surface area contributed by atoms with Gasteiger partial charge in [-0.1, -0.05) is 18.2 Å². The molecule has 2 aromatic carbocycles. The summed E-state index contributed by atoms with van der Waals surface area (Å²) < 4.78 is 0. The molecule has 0 aromatic heterocycles. The first kappa shape index (κ1) is 16.8. The summed E-state index contributed by atoms with van der Waals surface area (Å²) in [4.78, 5) is 28.2. The van der Waals surface area contributed by atoms with Crippen molar-refractivity contribution in [2.75, 3.05) is 19.4 Å². The van der Waals surface area contributed by atoms with Gasteiger partial charge in [-0.3, -0.25) is 9.69 Å². The number of anilines is 1. The second kappa shape index (κ2) is 6.57. The molecule has 2 amide bonds. The van der Waals surface area contributed by atoms with Gasteiger partial charge in [0.1, 0.15) is 0 Å². The normalized spacial score (nSPS) is 15.7. The maximum atomic E-state index is 12.5. The van der Waals surface area contributed by atoms with Gasteiger partial charge in [0.2, 0.25) is 0 Å². The van der Waals surface area contributed by atoms with Gasteiger partial charge in [-0.2, -0.15) is 0 Å². The number of hydrogen-bond donors (Lipinski definition) is 1. The van der Waals surface area contributed by atoms with E-state index < -0.39 is 0 Å². The van der Waals surface area contributed by atoms with Gasteiger partial charge in [-0.15, -0.1) is 0 Å². The Morgan fingerprint density at radius 3 is 2.73 bits per heavy atom. The highest BCUT2D eigenvalue weighted by Gasteiger charge is 2.20. The number of amides is 2. The van der Waals surface area contributed by atoms with Crippen LogP contribution >= 0.6 is 0 Å². The molecule has 1 aliphatic heterocycles. The zero-order valence-electron chi connectivity index (χ0n) is 15.2. The molecule has 1 aliphatic carbocycles. The van der Waals surface area contributed by atoms with Crippen LogP contribution in [0.2, 0.25) is 0 Å². The second-order valence-corrected chi connectivity index (χ2v) is 7.36. The van der Waals surface area contributed by atoms with E-state index in [4.69, 9.17) is 0 Å². The number of nitrogens with zero attached hydrogens (tertiary/aromatic N) is 2. The highest BCUT2D eigenvalue weighted by Crippen LogP contribution is 2.25. The highest BCUT2D eigenvalue weighted by molar-refractivity contribution is 6.01. The number of benzene rings is 2. The summed E-state index contributed by atoms with van der Waals surface area (Å²) in [7, 11) is 3.91. The number of Topliss-reactive ketones (excluding diaryl/α,β-unsaturated/α-hetero) is 1. The third-order valence-corrected chi connectivity index (χ3v) is 5.20. The molecule has 0 saturated heterocycles. The number of nitrogens with one attached hydrogen (secondary N) is 1. The van der Waals surface area contributed by atoms with Gasteiger partial charge in [-0.25, -0.2) is 4.79 Å². The lowest BCUT2D eigenvalue weighted by molar-refractivity contribution is 0.0994. The van der Waals surface area contributed by atoms with Gasteiger partial charge in [0.15, 0.2) is 5.78 Å². The maximum absolute atomic E-state index is 12.5. The summed E-state index contributed by atoms with van der Waals surface area (Å²) in [5.41, 5.74) is 6.41. The number of hydrogen-bond acceptors (Lipinski definition) is 3. The minimum atomic E-state index is -0.146. The summed E-state index contributed by atoms with van der Waals surface area (Å²) in [6.07, 6.45) is 1.33. The van der Waals surface area contributed by atoms with E-state index in [9.17, 15) is 9.59 Å². The van der Waals surface area contributed by atoms with Crippen LogP contribution in [0.3, 0.4) is 0 Å². The number of ketones is 1. The molecule has 2 aromatic rings. The van der Waals surface area contributed by atoms with Crippen molar-refractivity contribution in [3.05, 3.63) is 64.2 Å². The molecular weight excluding hydrogens is 326 g/mol. The Morgan fingerprint density at radius 1 is 1.08 bits per heavy atom. The van der Waals surface area contributed by atoms with Crippen molar-refractivity contribution in [2.45, 2.75) is 32.5 Å². The van der Waals surface area contributed by atoms with E-state index >= 15 is 0 Å². The van der Waals surface area contributed by atoms with E-state index in [1.807, 2.05) is 12.1 Å². The molecule has 2 aliphatic rings. The fourth-order valence-electron chi connectivity index (χ4n) is 3.81. The fourth-order valence-corrected chi connectivity index (χ4v) is 3.81. The first-order valence-electron chi connectivity index (χ1n) is 8.97. The number of fused-ring (bicyclic) bond motifs is 2. The Kier molecular flexibility index (Phi) is 4.24. The minimum absolute atomic E-state index is 0.146. The van der Waals surface area contributed by atoms with Crippen molar-refractivity contribution in [3.63, 3.8) is 0 Å². The lowest BCUT2D eigenvalue weighted by Crippen LogP contribution is -2.30. The van der Waals surface area contributed by atoms with Crippen molar-refractivity contribution >= 4 is 17.5 Å². The Bertz CT molecular complexity index is 891. The monoisotopic (exact) mass is 349 g/mol. The van der Waals surface area contributed by atoms with Crippen molar-refractivity contribution in [2.24, 2.45) is 0 Å². The molecule has 4 rings (SSSR count). The van der Waals surface area contributed by atoms with Gasteiger partial charge in [-0.05, 0) is 53.9 Å². The molecule has 0 unspecified atom stereocenters. The summed E-state index contributed by atoms with van der Waals surface area (Å²) in [5, 5.41) is 2.93. The smallest absolute Gasteiger partial charge is 0.321 e. The maximum Gasteiger partial charge on any atom is 0.321 e. The average Bonchev–Trinajstić information content (AvgIpc) is 3.16. The standard InChI is InChI=1S/C21H23N3O2/c1-23-12-16-4-3-14(9-17(16)13-23)11-24(2)21(26)22-18-6-7-19-15(10-18)5-8-20(19)25/h3-4,6-7,9-10H,5,8,11-13H2,1-2H3,(H,22,26). The van der Waals surface area contributed by atoms with Gasteiger partial charge in [0.25, 0.3) is 0 Å².